The molecule has 0 bridgehead atoms. The van der Waals surface area contributed by atoms with E-state index in [0.29, 0.717) is 0 Å². The average Bonchev–Trinajstić information content (AvgIpc) is 2.64. The maximum absolute atomic E-state index is 13.7. The molecule has 0 aliphatic heterocycles. The Labute approximate surface area is 136 Å². The van der Waals surface area contributed by atoms with Gasteiger partial charge in [-0.15, -0.1) is 0 Å². The van der Waals surface area contributed by atoms with Crippen LogP contribution in [0.5, 0.6) is 0 Å². The number of hydrogen-bond donors (Lipinski definition) is 1. The first kappa shape index (κ1) is 15.3. The van der Waals surface area contributed by atoms with Crippen LogP contribution in [0.3, 0.4) is 0 Å². The summed E-state index contributed by atoms with van der Waals surface area (Å²) >= 11 is 0. The highest BCUT2D eigenvalue weighted by Crippen LogP contribution is 2.44. The molecule has 0 radical (unpaired) electrons. The first-order valence-electron chi connectivity index (χ1n) is 7.49. The summed E-state index contributed by atoms with van der Waals surface area (Å²) in [5.41, 5.74) is 0.969. The third-order valence-corrected chi connectivity index (χ3v) is 6.29. The van der Waals surface area contributed by atoms with Crippen molar-refractivity contribution in [2.24, 2.45) is 0 Å². The highest BCUT2D eigenvalue weighted by Gasteiger charge is 2.23. The lowest BCUT2D eigenvalue weighted by molar-refractivity contribution is 0.592. The second-order valence-corrected chi connectivity index (χ2v) is 7.80. The van der Waals surface area contributed by atoms with E-state index in [0.717, 1.165) is 16.3 Å². The normalized spacial score (nSPS) is 11.5. The van der Waals surface area contributed by atoms with E-state index in [-0.39, 0.29) is 0 Å². The lowest BCUT2D eigenvalue weighted by Crippen LogP contribution is -2.14. The van der Waals surface area contributed by atoms with Gasteiger partial charge in [0.05, 0.1) is 0 Å². The molecular weight excluding hydrogens is 301 g/mol. The van der Waals surface area contributed by atoms with E-state index in [1.165, 1.54) is 0 Å². The summed E-state index contributed by atoms with van der Waals surface area (Å²) in [4.78, 5) is 0. The molecular formula is C20H18NOP. The van der Waals surface area contributed by atoms with Crippen molar-refractivity contribution in [3.8, 4) is 0 Å². The standard InChI is InChI=1S/C20H18NOP/c22-23(19-12-6-2-7-13-19,20-14-8-3-9-15-20)17-16-21-18-10-4-1-5-11-18/h1-17,21H/b17-16+. The first-order chi connectivity index (χ1) is 11.3. The fourth-order valence-corrected chi connectivity index (χ4v) is 4.55. The molecule has 3 aromatic rings. The molecule has 0 unspecified atom stereocenters. The molecule has 3 heteroatoms. The van der Waals surface area contributed by atoms with Crippen molar-refractivity contribution >= 4 is 23.4 Å². The van der Waals surface area contributed by atoms with Gasteiger partial charge in [-0.25, -0.2) is 0 Å². The van der Waals surface area contributed by atoms with Gasteiger partial charge in [0.2, 0.25) is 0 Å². The highest BCUT2D eigenvalue weighted by molar-refractivity contribution is 7.81. The van der Waals surface area contributed by atoms with E-state index in [1.807, 2.05) is 91.0 Å². The second-order valence-electron chi connectivity index (χ2n) is 5.16. The molecule has 1 N–H and O–H groups in total. The lowest BCUT2D eigenvalue weighted by Gasteiger charge is -2.15. The van der Waals surface area contributed by atoms with Gasteiger partial charge in [-0.1, -0.05) is 78.9 Å². The van der Waals surface area contributed by atoms with Crippen molar-refractivity contribution in [3.63, 3.8) is 0 Å². The van der Waals surface area contributed by atoms with Crippen LogP contribution >= 0.6 is 7.14 Å². The van der Waals surface area contributed by atoms with E-state index in [9.17, 15) is 4.57 Å². The molecule has 0 heterocycles. The highest BCUT2D eigenvalue weighted by atomic mass is 31.2. The fourth-order valence-electron chi connectivity index (χ4n) is 2.39. The molecule has 0 aliphatic carbocycles. The monoisotopic (exact) mass is 319 g/mol. The van der Waals surface area contributed by atoms with Crippen LogP contribution in [0.15, 0.2) is 103 Å². The summed E-state index contributed by atoms with van der Waals surface area (Å²) < 4.78 is 13.7. The quantitative estimate of drug-likeness (QED) is 0.697. The van der Waals surface area contributed by atoms with Crippen LogP contribution in [-0.4, -0.2) is 0 Å². The minimum atomic E-state index is -2.80. The predicted octanol–water partition coefficient (Wildman–Crippen LogP) is 4.58. The van der Waals surface area contributed by atoms with Gasteiger partial charge in [-0.3, -0.25) is 0 Å². The number of rotatable bonds is 5. The molecule has 0 amide bonds. The van der Waals surface area contributed by atoms with Crippen molar-refractivity contribution in [1.29, 1.82) is 0 Å². The topological polar surface area (TPSA) is 29.1 Å². The van der Waals surface area contributed by atoms with Crippen molar-refractivity contribution in [3.05, 3.63) is 103 Å². The van der Waals surface area contributed by atoms with Crippen LogP contribution in [0, 0.1) is 0 Å². The minimum Gasteiger partial charge on any atom is -0.362 e. The molecule has 0 aromatic heterocycles. The molecule has 2 nitrogen and oxygen atoms in total. The van der Waals surface area contributed by atoms with Gasteiger partial charge in [0.25, 0.3) is 0 Å². The second kappa shape index (κ2) is 7.13. The number of anilines is 1. The van der Waals surface area contributed by atoms with Crippen molar-refractivity contribution in [2.75, 3.05) is 5.32 Å². The zero-order valence-corrected chi connectivity index (χ0v) is 13.6. The SMILES string of the molecule is O=P(/C=C/Nc1ccccc1)(c1ccccc1)c1ccccc1. The molecule has 0 saturated carbocycles. The third-order valence-electron chi connectivity index (χ3n) is 3.59. The molecule has 114 valence electrons. The fraction of sp³-hybridized carbons (Fsp3) is 0. The van der Waals surface area contributed by atoms with Crippen LogP contribution in [0.2, 0.25) is 0 Å². The minimum absolute atomic E-state index is 0.831. The zero-order valence-electron chi connectivity index (χ0n) is 12.7. The summed E-state index contributed by atoms with van der Waals surface area (Å²) in [6.07, 6.45) is 1.77. The molecule has 0 fully saturated rings. The van der Waals surface area contributed by atoms with Crippen LogP contribution in [0.1, 0.15) is 0 Å². The van der Waals surface area contributed by atoms with E-state index in [4.69, 9.17) is 0 Å². The van der Waals surface area contributed by atoms with Gasteiger partial charge < -0.3 is 9.88 Å². The largest absolute Gasteiger partial charge is 0.362 e. The number of para-hydroxylation sites is 1. The Bertz CT molecular complexity index is 771. The molecule has 0 atom stereocenters. The lowest BCUT2D eigenvalue weighted by atomic mass is 10.3. The average molecular weight is 319 g/mol. The summed E-state index contributed by atoms with van der Waals surface area (Å²) in [6, 6.07) is 29.1. The Balaban J connectivity index is 1.95. The molecule has 3 aromatic carbocycles. The zero-order chi connectivity index (χ0) is 16.0. The van der Waals surface area contributed by atoms with Crippen LogP contribution < -0.4 is 15.9 Å². The van der Waals surface area contributed by atoms with Gasteiger partial charge in [0.15, 0.2) is 7.14 Å². The Morgan fingerprint density at radius 1 is 0.652 bits per heavy atom. The van der Waals surface area contributed by atoms with E-state index >= 15 is 0 Å². The number of benzene rings is 3. The Hall–Kier alpha value is -2.57. The van der Waals surface area contributed by atoms with Crippen molar-refractivity contribution in [2.45, 2.75) is 0 Å². The maximum Gasteiger partial charge on any atom is 0.165 e. The maximum atomic E-state index is 13.7. The van der Waals surface area contributed by atoms with Crippen molar-refractivity contribution < 1.29 is 4.57 Å². The van der Waals surface area contributed by atoms with Gasteiger partial charge in [-0.05, 0) is 17.9 Å². The number of hydrogen-bond acceptors (Lipinski definition) is 2. The summed E-state index contributed by atoms with van der Waals surface area (Å²) in [5.74, 6) is 1.78. The van der Waals surface area contributed by atoms with Gasteiger partial charge in [-0.2, -0.15) is 0 Å². The Kier molecular flexibility index (Phi) is 4.75. The van der Waals surface area contributed by atoms with Gasteiger partial charge >= 0.3 is 0 Å². The molecule has 0 spiro atoms. The number of nitrogens with one attached hydrogen (secondary N) is 1. The molecule has 3 rings (SSSR count). The predicted molar refractivity (Wildman–Crippen MR) is 99.0 cm³/mol. The van der Waals surface area contributed by atoms with E-state index in [1.54, 1.807) is 12.0 Å². The summed E-state index contributed by atoms with van der Waals surface area (Å²) in [6.45, 7) is 0. The van der Waals surface area contributed by atoms with Gasteiger partial charge in [0, 0.05) is 22.5 Å². The van der Waals surface area contributed by atoms with Crippen LogP contribution in [0.25, 0.3) is 0 Å². The smallest absolute Gasteiger partial charge is 0.165 e. The van der Waals surface area contributed by atoms with E-state index in [2.05, 4.69) is 5.32 Å². The molecule has 0 saturated heterocycles. The molecule has 0 aliphatic rings. The van der Waals surface area contributed by atoms with Crippen molar-refractivity contribution in [1.82, 2.24) is 0 Å². The Morgan fingerprint density at radius 3 is 1.57 bits per heavy atom. The Morgan fingerprint density at radius 2 is 1.09 bits per heavy atom. The first-order valence-corrected chi connectivity index (χ1v) is 9.27. The molecule has 23 heavy (non-hydrogen) atoms. The van der Waals surface area contributed by atoms with Crippen LogP contribution in [0.4, 0.5) is 5.69 Å². The van der Waals surface area contributed by atoms with Crippen LogP contribution in [-0.2, 0) is 4.57 Å². The summed E-state index contributed by atoms with van der Waals surface area (Å²) in [5, 5.41) is 4.85. The van der Waals surface area contributed by atoms with E-state index < -0.39 is 7.14 Å². The van der Waals surface area contributed by atoms with Gasteiger partial charge in [0.1, 0.15) is 0 Å². The third kappa shape index (κ3) is 3.61. The summed E-state index contributed by atoms with van der Waals surface area (Å²) in [7, 11) is -2.80.